The first-order valence-corrected chi connectivity index (χ1v) is 15.4. The van der Waals surface area contributed by atoms with E-state index in [4.69, 9.17) is 9.73 Å². The number of hydrogen-bond acceptors (Lipinski definition) is 3. The Morgan fingerprint density at radius 3 is 2.72 bits per heavy atom. The van der Waals surface area contributed by atoms with E-state index in [9.17, 15) is 0 Å². The first-order valence-electron chi connectivity index (χ1n) is 15.4. The second-order valence-electron chi connectivity index (χ2n) is 13.3. The van der Waals surface area contributed by atoms with Gasteiger partial charge in [-0.2, -0.15) is 0 Å². The van der Waals surface area contributed by atoms with Crippen molar-refractivity contribution in [1.82, 2.24) is 4.90 Å². The molecule has 0 saturated heterocycles. The Balaban J connectivity index is 1.42. The summed E-state index contributed by atoms with van der Waals surface area (Å²) >= 11 is 0. The Morgan fingerprint density at radius 2 is 1.92 bits per heavy atom. The third kappa shape index (κ3) is 3.87. The summed E-state index contributed by atoms with van der Waals surface area (Å²) in [6, 6.07) is 13.1. The highest BCUT2D eigenvalue weighted by Crippen LogP contribution is 2.53. The topological polar surface area (TPSA) is 24.8 Å². The van der Waals surface area contributed by atoms with Gasteiger partial charge in [0, 0.05) is 48.0 Å². The Morgan fingerprint density at radius 1 is 1.10 bits per heavy atom. The van der Waals surface area contributed by atoms with Crippen LogP contribution in [0.4, 0.5) is 0 Å². The van der Waals surface area contributed by atoms with Gasteiger partial charge < -0.3 is 4.74 Å². The minimum absolute atomic E-state index is 0.133. The van der Waals surface area contributed by atoms with Crippen molar-refractivity contribution in [3.63, 3.8) is 0 Å². The fourth-order valence-electron chi connectivity index (χ4n) is 8.75. The largest absolute Gasteiger partial charge is 0.381 e. The molecule has 0 spiro atoms. The Bertz CT molecular complexity index is 1420. The maximum Gasteiger partial charge on any atom is 0.0703 e. The van der Waals surface area contributed by atoms with Crippen LogP contribution < -0.4 is 0 Å². The van der Waals surface area contributed by atoms with E-state index in [0.717, 1.165) is 26.2 Å². The predicted molar refractivity (Wildman–Crippen MR) is 163 cm³/mol. The summed E-state index contributed by atoms with van der Waals surface area (Å²) in [7, 11) is 0. The SMILES string of the molecule is C=C/C(C)=C1/C2=NC3C4C=C(CN(C5CCCCC5)[C@@H](C)CCOC4)C3c3ccc4cccc(c4c32)C1(C)C. The second-order valence-corrected chi connectivity index (χ2v) is 13.3. The first kappa shape index (κ1) is 25.5. The number of rotatable bonds is 2. The lowest BCUT2D eigenvalue weighted by atomic mass is 9.63. The van der Waals surface area contributed by atoms with E-state index in [1.54, 1.807) is 5.57 Å². The van der Waals surface area contributed by atoms with Gasteiger partial charge in [0.1, 0.15) is 0 Å². The highest BCUT2D eigenvalue weighted by Gasteiger charge is 2.48. The van der Waals surface area contributed by atoms with Crippen LogP contribution in [0.2, 0.25) is 0 Å². The normalized spacial score (nSPS) is 31.8. The molecule has 3 nitrogen and oxygen atoms in total. The van der Waals surface area contributed by atoms with Crippen molar-refractivity contribution in [2.24, 2.45) is 10.9 Å². The van der Waals surface area contributed by atoms with E-state index < -0.39 is 0 Å². The molecule has 4 atom stereocenters. The van der Waals surface area contributed by atoms with Crippen LogP contribution in [-0.4, -0.2) is 48.5 Å². The van der Waals surface area contributed by atoms with Gasteiger partial charge in [-0.15, -0.1) is 0 Å². The van der Waals surface area contributed by atoms with Crippen molar-refractivity contribution in [3.05, 3.63) is 82.5 Å². The van der Waals surface area contributed by atoms with Gasteiger partial charge in [-0.1, -0.05) is 87.7 Å². The average molecular weight is 521 g/mol. The van der Waals surface area contributed by atoms with Crippen LogP contribution in [0.25, 0.3) is 10.8 Å². The van der Waals surface area contributed by atoms with E-state index >= 15 is 0 Å². The van der Waals surface area contributed by atoms with Gasteiger partial charge in [0.25, 0.3) is 0 Å². The minimum atomic E-state index is -0.133. The number of aliphatic imine (C=N–C) groups is 1. The zero-order valence-corrected chi connectivity index (χ0v) is 24.3. The van der Waals surface area contributed by atoms with E-state index in [2.05, 4.69) is 75.6 Å². The van der Waals surface area contributed by atoms with Gasteiger partial charge in [0.05, 0.1) is 18.4 Å². The maximum absolute atomic E-state index is 6.40. The molecule has 3 heteroatoms. The molecule has 0 amide bonds. The van der Waals surface area contributed by atoms with Gasteiger partial charge in [-0.3, -0.25) is 9.89 Å². The van der Waals surface area contributed by atoms with Gasteiger partial charge in [0.15, 0.2) is 0 Å². The van der Waals surface area contributed by atoms with Crippen molar-refractivity contribution in [2.75, 3.05) is 19.8 Å². The van der Waals surface area contributed by atoms with Crippen LogP contribution >= 0.6 is 0 Å². The van der Waals surface area contributed by atoms with Gasteiger partial charge in [-0.05, 0) is 66.2 Å². The van der Waals surface area contributed by atoms with Crippen molar-refractivity contribution < 1.29 is 4.74 Å². The van der Waals surface area contributed by atoms with Crippen LogP contribution in [0.1, 0.15) is 88.8 Å². The molecule has 0 N–H and O–H groups in total. The third-order valence-corrected chi connectivity index (χ3v) is 10.7. The maximum atomic E-state index is 6.40. The summed E-state index contributed by atoms with van der Waals surface area (Å²) < 4.78 is 6.40. The quantitative estimate of drug-likeness (QED) is 0.376. The van der Waals surface area contributed by atoms with Gasteiger partial charge >= 0.3 is 0 Å². The molecule has 3 aliphatic carbocycles. The monoisotopic (exact) mass is 520 g/mol. The third-order valence-electron chi connectivity index (χ3n) is 10.7. The molecule has 1 fully saturated rings. The number of allylic oxidation sites excluding steroid dienone is 3. The van der Waals surface area contributed by atoms with Crippen LogP contribution in [-0.2, 0) is 10.2 Å². The molecule has 1 saturated carbocycles. The molecule has 5 aliphatic rings. The molecule has 204 valence electrons. The predicted octanol–water partition coefficient (Wildman–Crippen LogP) is 7.89. The Hall–Kier alpha value is -2.49. The summed E-state index contributed by atoms with van der Waals surface area (Å²) in [6.07, 6.45) is 12.6. The smallest absolute Gasteiger partial charge is 0.0703 e. The molecule has 2 aliphatic heterocycles. The average Bonchev–Trinajstić information content (AvgIpc) is 3.29. The molecular weight excluding hydrogens is 476 g/mol. The number of nitrogens with zero attached hydrogens (tertiary/aromatic N) is 2. The van der Waals surface area contributed by atoms with Crippen molar-refractivity contribution >= 4 is 16.5 Å². The van der Waals surface area contributed by atoms with Crippen LogP contribution in [0, 0.1) is 5.92 Å². The number of fused-ring (bicyclic) bond motifs is 5. The molecule has 3 unspecified atom stereocenters. The molecule has 7 rings (SSSR count). The zero-order chi connectivity index (χ0) is 26.9. The van der Waals surface area contributed by atoms with E-state index in [1.165, 1.54) is 76.4 Å². The summed E-state index contributed by atoms with van der Waals surface area (Å²) in [5, 5.41) is 2.75. The standard InChI is InChI=1S/C36H44N2O/c1-6-22(2)33-35-32-28(16-15-24-11-10-14-29(31(24)32)36(33,4)5)30-25-19-26(34(30)37-35)21-39-18-17-23(3)38(20-25)27-12-8-7-9-13-27/h6,10-11,14-16,19,23,26-27,30,34H,1,7-9,12-13,17-18,20-21H2,2-5H3/b33-22-/t23-,26?,30?,34?/m0/s1. The second kappa shape index (κ2) is 9.56. The molecular formula is C36H44N2O. The number of benzene rings is 2. The molecule has 2 aromatic rings. The minimum Gasteiger partial charge on any atom is -0.381 e. The lowest BCUT2D eigenvalue weighted by molar-refractivity contribution is 0.0659. The van der Waals surface area contributed by atoms with Crippen LogP contribution in [0.15, 0.2) is 70.8 Å². The molecule has 0 aromatic heterocycles. The lowest BCUT2D eigenvalue weighted by Crippen LogP contribution is -2.45. The fourth-order valence-corrected chi connectivity index (χ4v) is 8.75. The highest BCUT2D eigenvalue weighted by atomic mass is 16.5. The van der Waals surface area contributed by atoms with E-state index in [0.29, 0.717) is 23.9 Å². The fraction of sp³-hybridized carbons (Fsp3) is 0.528. The van der Waals surface area contributed by atoms with Crippen molar-refractivity contribution in [3.8, 4) is 0 Å². The van der Waals surface area contributed by atoms with Gasteiger partial charge in [-0.25, -0.2) is 0 Å². The van der Waals surface area contributed by atoms with E-state index in [1.807, 2.05) is 6.08 Å². The summed E-state index contributed by atoms with van der Waals surface area (Å²) in [4.78, 5) is 8.60. The summed E-state index contributed by atoms with van der Waals surface area (Å²) in [5.41, 5.74) is 9.54. The summed E-state index contributed by atoms with van der Waals surface area (Å²) in [5.74, 6) is 0.659. The molecule has 2 heterocycles. The first-order chi connectivity index (χ1) is 18.9. The Labute approximate surface area is 234 Å². The Kier molecular flexibility index (Phi) is 6.25. The lowest BCUT2D eigenvalue weighted by Gasteiger charge is -2.43. The molecule has 39 heavy (non-hydrogen) atoms. The van der Waals surface area contributed by atoms with Crippen LogP contribution in [0.3, 0.4) is 0 Å². The zero-order valence-electron chi connectivity index (χ0n) is 24.3. The van der Waals surface area contributed by atoms with E-state index in [-0.39, 0.29) is 11.5 Å². The van der Waals surface area contributed by atoms with Crippen LogP contribution in [0.5, 0.6) is 0 Å². The number of hydrogen-bond donors (Lipinski definition) is 0. The highest BCUT2D eigenvalue weighted by molar-refractivity contribution is 6.25. The molecule has 0 radical (unpaired) electrons. The number of ether oxygens (including phenoxy) is 1. The molecule has 2 aromatic carbocycles. The van der Waals surface area contributed by atoms with Crippen molar-refractivity contribution in [2.45, 2.75) is 95.7 Å². The molecule has 2 bridgehead atoms. The van der Waals surface area contributed by atoms with Gasteiger partial charge in [0.2, 0.25) is 0 Å². The van der Waals surface area contributed by atoms with Crippen molar-refractivity contribution in [1.29, 1.82) is 0 Å². The summed E-state index contributed by atoms with van der Waals surface area (Å²) in [6.45, 7) is 16.3.